The molecule has 0 spiro atoms. The molecule has 2 aliphatic heterocycles. The van der Waals surface area contributed by atoms with Gasteiger partial charge in [0.05, 0.1) is 18.7 Å². The number of ketones is 1. The van der Waals surface area contributed by atoms with Gasteiger partial charge >= 0.3 is 0 Å². The summed E-state index contributed by atoms with van der Waals surface area (Å²) in [7, 11) is 0. The minimum atomic E-state index is -1.94. The van der Waals surface area contributed by atoms with Crippen LogP contribution in [0.25, 0.3) is 11.1 Å². The molecule has 2 heterocycles. The maximum absolute atomic E-state index is 13.6. The predicted molar refractivity (Wildman–Crippen MR) is 135 cm³/mol. The number of fused-ring (bicyclic) bond motifs is 2. The predicted octanol–water partition coefficient (Wildman–Crippen LogP) is 5.09. The largest absolute Gasteiger partial charge is 0.454 e. The van der Waals surface area contributed by atoms with Crippen molar-refractivity contribution in [3.8, 4) is 22.6 Å². The summed E-state index contributed by atoms with van der Waals surface area (Å²) in [5.41, 5.74) is 2.40. The number of ether oxygens (including phenoxy) is 2. The van der Waals surface area contributed by atoms with E-state index in [1.807, 2.05) is 60.7 Å². The van der Waals surface area contributed by atoms with E-state index in [0.29, 0.717) is 28.3 Å². The average molecular weight is 478 g/mol. The molecule has 1 atom stereocenters. The molecule has 6 heteroatoms. The molecule has 4 aromatic rings. The van der Waals surface area contributed by atoms with E-state index in [9.17, 15) is 14.7 Å². The highest BCUT2D eigenvalue weighted by atomic mass is 16.7. The van der Waals surface area contributed by atoms with E-state index in [4.69, 9.17) is 9.47 Å². The highest BCUT2D eigenvalue weighted by Gasteiger charge is 2.50. The molecule has 0 aliphatic carbocycles. The Hall–Kier alpha value is -4.42. The third-order valence-electron chi connectivity index (χ3n) is 6.75. The van der Waals surface area contributed by atoms with Gasteiger partial charge in [-0.1, -0.05) is 78.9 Å². The third-order valence-corrected chi connectivity index (χ3v) is 6.75. The van der Waals surface area contributed by atoms with E-state index in [1.165, 1.54) is 4.90 Å². The molecule has 1 N–H and O–H groups in total. The van der Waals surface area contributed by atoms with Gasteiger partial charge in [0.15, 0.2) is 22.9 Å². The molecule has 0 radical (unpaired) electrons. The number of aliphatic hydroxyl groups is 1. The second kappa shape index (κ2) is 8.66. The van der Waals surface area contributed by atoms with Gasteiger partial charge in [-0.2, -0.15) is 0 Å². The quantitative estimate of drug-likeness (QED) is 0.392. The van der Waals surface area contributed by atoms with E-state index >= 15 is 0 Å². The van der Waals surface area contributed by atoms with Crippen molar-refractivity contribution in [3.63, 3.8) is 0 Å². The molecule has 178 valence electrons. The van der Waals surface area contributed by atoms with E-state index < -0.39 is 11.5 Å². The van der Waals surface area contributed by atoms with Crippen molar-refractivity contribution in [2.75, 3.05) is 11.7 Å². The number of hydrogen-bond acceptors (Lipinski definition) is 5. The summed E-state index contributed by atoms with van der Waals surface area (Å²) in [6.45, 7) is 0.396. The summed E-state index contributed by atoms with van der Waals surface area (Å²) in [5.74, 6) is 0.463. The van der Waals surface area contributed by atoms with Crippen LogP contribution in [0.2, 0.25) is 0 Å². The topological polar surface area (TPSA) is 76.1 Å². The molecule has 0 aromatic heterocycles. The number of hydrogen-bond donors (Lipinski definition) is 1. The van der Waals surface area contributed by atoms with E-state index in [1.54, 1.807) is 36.4 Å². The lowest BCUT2D eigenvalue weighted by molar-refractivity contribution is -0.136. The van der Waals surface area contributed by atoms with Crippen LogP contribution in [-0.2, 0) is 16.9 Å². The molecule has 0 saturated carbocycles. The summed E-state index contributed by atoms with van der Waals surface area (Å²) in [6.07, 6.45) is -0.342. The summed E-state index contributed by atoms with van der Waals surface area (Å²) >= 11 is 0. The molecule has 2 aliphatic rings. The van der Waals surface area contributed by atoms with Crippen molar-refractivity contribution < 1.29 is 24.2 Å². The molecule has 0 bridgehead atoms. The van der Waals surface area contributed by atoms with Crippen molar-refractivity contribution in [3.05, 3.63) is 114 Å². The lowest BCUT2D eigenvalue weighted by atomic mass is 9.88. The fourth-order valence-electron chi connectivity index (χ4n) is 4.87. The number of benzene rings is 4. The van der Waals surface area contributed by atoms with Gasteiger partial charge in [-0.25, -0.2) is 0 Å². The zero-order chi connectivity index (χ0) is 24.7. The Morgan fingerprint density at radius 1 is 0.833 bits per heavy atom. The zero-order valence-electron chi connectivity index (χ0n) is 19.4. The van der Waals surface area contributed by atoms with Crippen molar-refractivity contribution in [1.82, 2.24) is 0 Å². The Labute approximate surface area is 208 Å². The van der Waals surface area contributed by atoms with Crippen LogP contribution in [0.1, 0.15) is 27.9 Å². The lowest BCUT2D eigenvalue weighted by Crippen LogP contribution is -2.41. The molecule has 36 heavy (non-hydrogen) atoms. The number of nitrogens with zero attached hydrogens (tertiary/aromatic N) is 1. The SMILES string of the molecule is O=C(C[C@]1(O)C(=O)N(Cc2ccc3c(c2)OCO3)c2ccccc21)c1ccc(-c2ccccc2)cc1. The Kier molecular flexibility index (Phi) is 5.31. The second-order valence-corrected chi connectivity index (χ2v) is 9.00. The number of amides is 1. The molecule has 0 saturated heterocycles. The number of Topliss-reactive ketones (excluding diaryl/α,β-unsaturated/α-hetero) is 1. The fourth-order valence-corrected chi connectivity index (χ4v) is 4.87. The molecule has 6 rings (SSSR count). The van der Waals surface area contributed by atoms with Crippen molar-refractivity contribution >= 4 is 17.4 Å². The van der Waals surface area contributed by atoms with E-state index in [-0.39, 0.29) is 25.5 Å². The summed E-state index contributed by atoms with van der Waals surface area (Å²) < 4.78 is 10.8. The summed E-state index contributed by atoms with van der Waals surface area (Å²) in [4.78, 5) is 28.4. The van der Waals surface area contributed by atoms with Crippen LogP contribution in [0.3, 0.4) is 0 Å². The fraction of sp³-hybridized carbons (Fsp3) is 0.133. The first-order valence-electron chi connectivity index (χ1n) is 11.7. The first kappa shape index (κ1) is 22.1. The van der Waals surface area contributed by atoms with Crippen LogP contribution >= 0.6 is 0 Å². The molecule has 6 nitrogen and oxygen atoms in total. The maximum atomic E-state index is 13.6. The van der Waals surface area contributed by atoms with Gasteiger partial charge in [0, 0.05) is 11.1 Å². The number of carbonyl (C=O) groups excluding carboxylic acids is 2. The molecule has 1 amide bonds. The normalized spacial score (nSPS) is 17.8. The van der Waals surface area contributed by atoms with Crippen LogP contribution in [-0.4, -0.2) is 23.6 Å². The van der Waals surface area contributed by atoms with Crippen molar-refractivity contribution in [2.24, 2.45) is 0 Å². The van der Waals surface area contributed by atoms with Crippen molar-refractivity contribution in [1.29, 1.82) is 0 Å². The van der Waals surface area contributed by atoms with E-state index in [0.717, 1.165) is 16.7 Å². The molecular formula is C30H23NO5. The molecular weight excluding hydrogens is 454 g/mol. The summed E-state index contributed by atoms with van der Waals surface area (Å²) in [5, 5.41) is 11.6. The first-order chi connectivity index (χ1) is 17.5. The van der Waals surface area contributed by atoms with Crippen LogP contribution in [0.4, 0.5) is 5.69 Å². The van der Waals surface area contributed by atoms with Crippen molar-refractivity contribution in [2.45, 2.75) is 18.6 Å². The van der Waals surface area contributed by atoms with E-state index in [2.05, 4.69) is 0 Å². The Bertz CT molecular complexity index is 1460. The van der Waals surface area contributed by atoms with Crippen LogP contribution in [0.15, 0.2) is 97.1 Å². The number of carbonyl (C=O) groups is 2. The van der Waals surface area contributed by atoms with Gasteiger partial charge in [-0.3, -0.25) is 9.59 Å². The average Bonchev–Trinajstić information content (AvgIpc) is 3.47. The molecule has 0 unspecified atom stereocenters. The maximum Gasteiger partial charge on any atom is 0.264 e. The smallest absolute Gasteiger partial charge is 0.264 e. The lowest BCUT2D eigenvalue weighted by Gasteiger charge is -2.23. The van der Waals surface area contributed by atoms with Gasteiger partial charge in [-0.05, 0) is 34.9 Å². The monoisotopic (exact) mass is 477 g/mol. The number of para-hydroxylation sites is 1. The minimum absolute atomic E-state index is 0.165. The van der Waals surface area contributed by atoms with Gasteiger partial charge in [0.1, 0.15) is 0 Å². The zero-order valence-corrected chi connectivity index (χ0v) is 19.4. The second-order valence-electron chi connectivity index (χ2n) is 9.00. The standard InChI is InChI=1S/C30H23NO5/c32-26(23-13-11-22(12-14-23)21-6-2-1-3-7-21)17-30(34)24-8-4-5-9-25(24)31(29(30)33)18-20-10-15-27-28(16-20)36-19-35-27/h1-16,34H,17-19H2/t30-/m1/s1. The minimum Gasteiger partial charge on any atom is -0.454 e. The first-order valence-corrected chi connectivity index (χ1v) is 11.7. The van der Waals surface area contributed by atoms with Crippen LogP contribution in [0, 0.1) is 0 Å². The van der Waals surface area contributed by atoms with Gasteiger partial charge in [0.2, 0.25) is 6.79 Å². The Morgan fingerprint density at radius 2 is 1.53 bits per heavy atom. The third kappa shape index (κ3) is 3.72. The number of rotatable bonds is 6. The van der Waals surface area contributed by atoms with Crippen LogP contribution < -0.4 is 14.4 Å². The Balaban J connectivity index is 1.26. The molecule has 0 fully saturated rings. The Morgan fingerprint density at radius 3 is 2.33 bits per heavy atom. The van der Waals surface area contributed by atoms with Gasteiger partial charge in [-0.15, -0.1) is 0 Å². The van der Waals surface area contributed by atoms with Crippen LogP contribution in [0.5, 0.6) is 11.5 Å². The van der Waals surface area contributed by atoms with Gasteiger partial charge in [0.25, 0.3) is 5.91 Å². The number of anilines is 1. The highest BCUT2D eigenvalue weighted by molar-refractivity contribution is 6.10. The molecule has 4 aromatic carbocycles. The summed E-state index contributed by atoms with van der Waals surface area (Å²) in [6, 6.07) is 29.7. The van der Waals surface area contributed by atoms with Gasteiger partial charge < -0.3 is 19.5 Å². The highest BCUT2D eigenvalue weighted by Crippen LogP contribution is 2.44.